The molecule has 0 saturated heterocycles. The highest BCUT2D eigenvalue weighted by Crippen LogP contribution is 2.25. The molecule has 2 rings (SSSR count). The van der Waals surface area contributed by atoms with Gasteiger partial charge in [0.2, 0.25) is 5.91 Å². The Morgan fingerprint density at radius 1 is 1.30 bits per heavy atom. The van der Waals surface area contributed by atoms with Crippen molar-refractivity contribution in [2.45, 2.75) is 32.2 Å². The Kier molecular flexibility index (Phi) is 5.17. The van der Waals surface area contributed by atoms with Crippen LogP contribution in [0.25, 0.3) is 0 Å². The van der Waals surface area contributed by atoms with Crippen LogP contribution in [0.1, 0.15) is 41.8 Å². The molecule has 1 saturated carbocycles. The van der Waals surface area contributed by atoms with E-state index in [0.29, 0.717) is 30.8 Å². The maximum atomic E-state index is 11.7. The Hall–Kier alpha value is -1.82. The van der Waals surface area contributed by atoms with Gasteiger partial charge in [0, 0.05) is 19.0 Å². The standard InChI is InChI=1S/C14H21N3O3/c15-8-12-7-11(9-20-12)14(19)17-6-2-5-16-13(18)10-3-1-4-10/h7,9-10H,1-6,8,15H2,(H,16,18)(H,17,19). The average molecular weight is 279 g/mol. The van der Waals surface area contributed by atoms with E-state index in [1.807, 2.05) is 0 Å². The summed E-state index contributed by atoms with van der Waals surface area (Å²) >= 11 is 0. The molecule has 0 bridgehead atoms. The van der Waals surface area contributed by atoms with Crippen LogP contribution in [0.5, 0.6) is 0 Å². The molecule has 1 aromatic rings. The number of rotatable bonds is 7. The van der Waals surface area contributed by atoms with Gasteiger partial charge in [0.1, 0.15) is 12.0 Å². The van der Waals surface area contributed by atoms with Crippen LogP contribution < -0.4 is 16.4 Å². The van der Waals surface area contributed by atoms with Gasteiger partial charge in [0.05, 0.1) is 12.1 Å². The number of amides is 2. The van der Waals surface area contributed by atoms with Gasteiger partial charge in [0.25, 0.3) is 5.91 Å². The molecule has 0 aromatic carbocycles. The van der Waals surface area contributed by atoms with E-state index >= 15 is 0 Å². The summed E-state index contributed by atoms with van der Waals surface area (Å²) in [7, 11) is 0. The van der Waals surface area contributed by atoms with Crippen molar-refractivity contribution >= 4 is 11.8 Å². The molecule has 6 nitrogen and oxygen atoms in total. The lowest BCUT2D eigenvalue weighted by Gasteiger charge is -2.23. The molecule has 1 aliphatic carbocycles. The molecule has 6 heteroatoms. The van der Waals surface area contributed by atoms with Crippen molar-refractivity contribution in [1.82, 2.24) is 10.6 Å². The third-order valence-corrected chi connectivity index (χ3v) is 3.53. The quantitative estimate of drug-likeness (QED) is 0.642. The van der Waals surface area contributed by atoms with Gasteiger partial charge in [-0.15, -0.1) is 0 Å². The van der Waals surface area contributed by atoms with E-state index in [0.717, 1.165) is 19.3 Å². The van der Waals surface area contributed by atoms with Gasteiger partial charge >= 0.3 is 0 Å². The second kappa shape index (κ2) is 7.09. The maximum absolute atomic E-state index is 11.7. The van der Waals surface area contributed by atoms with Crippen LogP contribution in [0.3, 0.4) is 0 Å². The highest BCUT2D eigenvalue weighted by Gasteiger charge is 2.24. The maximum Gasteiger partial charge on any atom is 0.254 e. The third-order valence-electron chi connectivity index (χ3n) is 3.53. The third kappa shape index (κ3) is 3.84. The van der Waals surface area contributed by atoms with Crippen molar-refractivity contribution in [1.29, 1.82) is 0 Å². The Morgan fingerprint density at radius 2 is 2.05 bits per heavy atom. The fourth-order valence-corrected chi connectivity index (χ4v) is 2.03. The first kappa shape index (κ1) is 14.6. The van der Waals surface area contributed by atoms with E-state index < -0.39 is 0 Å². The molecule has 20 heavy (non-hydrogen) atoms. The summed E-state index contributed by atoms with van der Waals surface area (Å²) in [5.41, 5.74) is 5.88. The lowest BCUT2D eigenvalue weighted by atomic mass is 9.85. The zero-order chi connectivity index (χ0) is 14.4. The predicted molar refractivity (Wildman–Crippen MR) is 73.9 cm³/mol. The Labute approximate surface area is 118 Å². The largest absolute Gasteiger partial charge is 0.467 e. The summed E-state index contributed by atoms with van der Waals surface area (Å²) in [5, 5.41) is 5.66. The van der Waals surface area contributed by atoms with E-state index in [4.69, 9.17) is 10.2 Å². The van der Waals surface area contributed by atoms with E-state index in [9.17, 15) is 9.59 Å². The number of nitrogens with two attached hydrogens (primary N) is 1. The zero-order valence-corrected chi connectivity index (χ0v) is 11.5. The van der Waals surface area contributed by atoms with Gasteiger partial charge in [-0.3, -0.25) is 9.59 Å². The van der Waals surface area contributed by atoms with Gasteiger partial charge in [0.15, 0.2) is 0 Å². The van der Waals surface area contributed by atoms with Crippen LogP contribution in [0.2, 0.25) is 0 Å². The fraction of sp³-hybridized carbons (Fsp3) is 0.571. The van der Waals surface area contributed by atoms with Crippen molar-refractivity contribution in [3.05, 3.63) is 23.7 Å². The van der Waals surface area contributed by atoms with Crippen LogP contribution in [0.15, 0.2) is 16.7 Å². The molecule has 110 valence electrons. The van der Waals surface area contributed by atoms with Crippen molar-refractivity contribution in [3.63, 3.8) is 0 Å². The van der Waals surface area contributed by atoms with Crippen molar-refractivity contribution < 1.29 is 14.0 Å². The monoisotopic (exact) mass is 279 g/mol. The Balaban J connectivity index is 1.58. The van der Waals surface area contributed by atoms with Crippen molar-refractivity contribution in [3.8, 4) is 0 Å². The van der Waals surface area contributed by atoms with E-state index in [2.05, 4.69) is 10.6 Å². The Morgan fingerprint density at radius 3 is 2.65 bits per heavy atom. The minimum Gasteiger partial charge on any atom is -0.467 e. The molecule has 0 unspecified atom stereocenters. The van der Waals surface area contributed by atoms with E-state index in [1.165, 1.54) is 6.26 Å². The van der Waals surface area contributed by atoms with Gasteiger partial charge in [-0.25, -0.2) is 0 Å². The highest BCUT2D eigenvalue weighted by atomic mass is 16.3. The SMILES string of the molecule is NCc1cc(C(=O)NCCCNC(=O)C2CCC2)co1. The average Bonchev–Trinajstić information content (AvgIpc) is 2.84. The molecule has 2 amide bonds. The van der Waals surface area contributed by atoms with E-state index in [-0.39, 0.29) is 24.3 Å². The van der Waals surface area contributed by atoms with Crippen molar-refractivity contribution in [2.75, 3.05) is 13.1 Å². The Bertz CT molecular complexity index is 466. The highest BCUT2D eigenvalue weighted by molar-refractivity contribution is 5.93. The first-order chi connectivity index (χ1) is 9.70. The van der Waals surface area contributed by atoms with Gasteiger partial charge in [-0.05, 0) is 25.3 Å². The normalized spacial score (nSPS) is 14.7. The molecule has 4 N–H and O–H groups in total. The minimum absolute atomic E-state index is 0.144. The van der Waals surface area contributed by atoms with Crippen LogP contribution >= 0.6 is 0 Å². The van der Waals surface area contributed by atoms with Crippen LogP contribution in [-0.2, 0) is 11.3 Å². The molecule has 0 aliphatic heterocycles. The summed E-state index contributed by atoms with van der Waals surface area (Å²) in [4.78, 5) is 23.3. The number of carbonyl (C=O) groups is 2. The van der Waals surface area contributed by atoms with Gasteiger partial charge in [-0.2, -0.15) is 0 Å². The number of nitrogens with one attached hydrogen (secondary N) is 2. The van der Waals surface area contributed by atoms with Crippen molar-refractivity contribution in [2.24, 2.45) is 11.7 Å². The first-order valence-electron chi connectivity index (χ1n) is 7.04. The second-order valence-electron chi connectivity index (χ2n) is 5.03. The molecule has 0 spiro atoms. The number of carbonyl (C=O) groups excluding carboxylic acids is 2. The van der Waals surface area contributed by atoms with Crippen LogP contribution in [0, 0.1) is 5.92 Å². The molecular formula is C14H21N3O3. The molecule has 1 aromatic heterocycles. The molecule has 0 radical (unpaired) electrons. The first-order valence-corrected chi connectivity index (χ1v) is 7.04. The summed E-state index contributed by atoms with van der Waals surface area (Å²) in [6.07, 6.45) is 5.28. The lowest BCUT2D eigenvalue weighted by Crippen LogP contribution is -2.36. The number of furan rings is 1. The molecule has 0 atom stereocenters. The predicted octanol–water partition coefficient (Wildman–Crippen LogP) is 0.774. The van der Waals surface area contributed by atoms with E-state index in [1.54, 1.807) is 6.07 Å². The topological polar surface area (TPSA) is 97.4 Å². The summed E-state index contributed by atoms with van der Waals surface area (Å²) < 4.78 is 5.10. The number of hydrogen-bond acceptors (Lipinski definition) is 4. The molecule has 1 heterocycles. The second-order valence-corrected chi connectivity index (χ2v) is 5.03. The summed E-state index contributed by atoms with van der Waals surface area (Å²) in [5.74, 6) is 0.761. The molecular weight excluding hydrogens is 258 g/mol. The number of hydrogen-bond donors (Lipinski definition) is 3. The molecule has 1 aliphatic rings. The lowest BCUT2D eigenvalue weighted by molar-refractivity contribution is -0.127. The van der Waals surface area contributed by atoms with Gasteiger partial charge in [-0.1, -0.05) is 6.42 Å². The molecule has 1 fully saturated rings. The van der Waals surface area contributed by atoms with Crippen LogP contribution in [0.4, 0.5) is 0 Å². The fourth-order valence-electron chi connectivity index (χ4n) is 2.03. The smallest absolute Gasteiger partial charge is 0.254 e. The van der Waals surface area contributed by atoms with Crippen LogP contribution in [-0.4, -0.2) is 24.9 Å². The zero-order valence-electron chi connectivity index (χ0n) is 11.5. The summed E-state index contributed by atoms with van der Waals surface area (Å²) in [6, 6.07) is 1.63. The summed E-state index contributed by atoms with van der Waals surface area (Å²) in [6.45, 7) is 1.39. The van der Waals surface area contributed by atoms with Gasteiger partial charge < -0.3 is 20.8 Å². The minimum atomic E-state index is -0.182.